The summed E-state index contributed by atoms with van der Waals surface area (Å²) >= 11 is 0. The average Bonchev–Trinajstić information content (AvgIpc) is 2.77. The van der Waals surface area contributed by atoms with Crippen LogP contribution in [0.5, 0.6) is 5.75 Å². The molecule has 108 valence electrons. The van der Waals surface area contributed by atoms with E-state index >= 15 is 0 Å². The molecule has 0 fully saturated rings. The fourth-order valence-corrected chi connectivity index (χ4v) is 2.52. The summed E-state index contributed by atoms with van der Waals surface area (Å²) < 4.78 is 19.4. The molecule has 3 rings (SSSR count). The van der Waals surface area contributed by atoms with Gasteiger partial charge in [0.15, 0.2) is 0 Å². The van der Waals surface area contributed by atoms with Crippen LogP contribution >= 0.6 is 0 Å². The molecule has 0 aliphatic carbocycles. The highest BCUT2D eigenvalue weighted by atomic mass is 19.1. The maximum absolute atomic E-state index is 13.6. The Bertz CT molecular complexity index is 699. The molecular weight excluding hydrogens is 269 g/mol. The summed E-state index contributed by atoms with van der Waals surface area (Å²) in [5.74, 6) is 0.0203. The minimum absolute atomic E-state index is 0.0300. The number of halogens is 1. The summed E-state index contributed by atoms with van der Waals surface area (Å²) in [6.07, 6.45) is 0.0300. The normalized spacial score (nSPS) is 19.8. The Morgan fingerprint density at radius 1 is 1.14 bits per heavy atom. The maximum atomic E-state index is 13.6. The van der Waals surface area contributed by atoms with Gasteiger partial charge in [0.1, 0.15) is 17.7 Å². The minimum Gasteiger partial charge on any atom is -0.489 e. The molecule has 1 aliphatic rings. The number of anilines is 1. The minimum atomic E-state index is -0.457. The molecule has 2 aromatic rings. The van der Waals surface area contributed by atoms with Gasteiger partial charge in [0, 0.05) is 11.5 Å². The number of hydrogen-bond acceptors (Lipinski definition) is 2. The SMILES string of the molecule is CC1Oc2c(C(=O)Nc3ccccc3F)cccc2C1C. The zero-order valence-electron chi connectivity index (χ0n) is 11.9. The Hall–Kier alpha value is -2.36. The van der Waals surface area contributed by atoms with Crippen molar-refractivity contribution in [3.8, 4) is 5.75 Å². The fourth-order valence-electron chi connectivity index (χ4n) is 2.52. The van der Waals surface area contributed by atoms with Crippen LogP contribution in [0.4, 0.5) is 10.1 Å². The lowest BCUT2D eigenvalue weighted by atomic mass is 9.97. The first-order valence-electron chi connectivity index (χ1n) is 6.93. The van der Waals surface area contributed by atoms with Gasteiger partial charge in [0.05, 0.1) is 11.3 Å². The number of carbonyl (C=O) groups is 1. The highest BCUT2D eigenvalue weighted by molar-refractivity contribution is 6.06. The highest BCUT2D eigenvalue weighted by Crippen LogP contribution is 2.40. The van der Waals surface area contributed by atoms with Crippen LogP contribution in [0.2, 0.25) is 0 Å². The van der Waals surface area contributed by atoms with Crippen LogP contribution in [-0.4, -0.2) is 12.0 Å². The molecule has 4 heteroatoms. The Kier molecular flexibility index (Phi) is 3.37. The van der Waals surface area contributed by atoms with Gasteiger partial charge < -0.3 is 10.1 Å². The molecule has 0 radical (unpaired) electrons. The number of hydrogen-bond donors (Lipinski definition) is 1. The lowest BCUT2D eigenvalue weighted by Crippen LogP contribution is -2.15. The van der Waals surface area contributed by atoms with Gasteiger partial charge in [-0.1, -0.05) is 31.2 Å². The number of rotatable bonds is 2. The molecule has 2 aromatic carbocycles. The largest absolute Gasteiger partial charge is 0.489 e. The van der Waals surface area contributed by atoms with E-state index in [1.54, 1.807) is 18.2 Å². The van der Waals surface area contributed by atoms with Crippen molar-refractivity contribution < 1.29 is 13.9 Å². The monoisotopic (exact) mass is 285 g/mol. The van der Waals surface area contributed by atoms with Gasteiger partial charge in [-0.15, -0.1) is 0 Å². The number of para-hydroxylation sites is 2. The number of fused-ring (bicyclic) bond motifs is 1. The number of ether oxygens (including phenoxy) is 1. The molecule has 2 atom stereocenters. The van der Waals surface area contributed by atoms with Gasteiger partial charge in [-0.25, -0.2) is 4.39 Å². The zero-order chi connectivity index (χ0) is 15.0. The molecule has 0 aromatic heterocycles. The molecule has 0 saturated carbocycles. The van der Waals surface area contributed by atoms with E-state index in [0.29, 0.717) is 11.3 Å². The van der Waals surface area contributed by atoms with Crippen LogP contribution in [0.3, 0.4) is 0 Å². The lowest BCUT2D eigenvalue weighted by molar-refractivity contribution is 0.102. The summed E-state index contributed by atoms with van der Waals surface area (Å²) in [4.78, 5) is 12.4. The van der Waals surface area contributed by atoms with Gasteiger partial charge in [0.2, 0.25) is 0 Å². The smallest absolute Gasteiger partial charge is 0.259 e. The number of benzene rings is 2. The first-order chi connectivity index (χ1) is 10.1. The third-order valence-corrected chi connectivity index (χ3v) is 3.91. The summed E-state index contributed by atoms with van der Waals surface area (Å²) in [5, 5.41) is 2.59. The van der Waals surface area contributed by atoms with Crippen LogP contribution in [0.25, 0.3) is 0 Å². The van der Waals surface area contributed by atoms with E-state index in [0.717, 1.165) is 5.56 Å². The van der Waals surface area contributed by atoms with E-state index in [4.69, 9.17) is 4.74 Å². The van der Waals surface area contributed by atoms with Crippen molar-refractivity contribution in [2.75, 3.05) is 5.32 Å². The van der Waals surface area contributed by atoms with Crippen LogP contribution < -0.4 is 10.1 Å². The van der Waals surface area contributed by atoms with E-state index < -0.39 is 5.82 Å². The zero-order valence-corrected chi connectivity index (χ0v) is 11.9. The molecule has 0 saturated heterocycles. The summed E-state index contributed by atoms with van der Waals surface area (Å²) in [5.41, 5.74) is 1.62. The van der Waals surface area contributed by atoms with Gasteiger partial charge >= 0.3 is 0 Å². The van der Waals surface area contributed by atoms with Crippen LogP contribution in [0, 0.1) is 5.82 Å². The molecule has 1 N–H and O–H groups in total. The molecule has 21 heavy (non-hydrogen) atoms. The first-order valence-corrected chi connectivity index (χ1v) is 6.93. The Labute approximate surface area is 122 Å². The van der Waals surface area contributed by atoms with Gasteiger partial charge in [-0.05, 0) is 25.1 Å². The fraction of sp³-hybridized carbons (Fsp3) is 0.235. The highest BCUT2D eigenvalue weighted by Gasteiger charge is 2.31. The number of nitrogens with one attached hydrogen (secondary N) is 1. The van der Waals surface area contributed by atoms with E-state index in [-0.39, 0.29) is 23.6 Å². The van der Waals surface area contributed by atoms with E-state index in [1.165, 1.54) is 12.1 Å². The topological polar surface area (TPSA) is 38.3 Å². The molecule has 0 spiro atoms. The van der Waals surface area contributed by atoms with Crippen molar-refractivity contribution in [1.82, 2.24) is 0 Å². The second-order valence-corrected chi connectivity index (χ2v) is 5.27. The van der Waals surface area contributed by atoms with E-state index in [9.17, 15) is 9.18 Å². The average molecular weight is 285 g/mol. The molecule has 0 bridgehead atoms. The Morgan fingerprint density at radius 3 is 2.67 bits per heavy atom. The second-order valence-electron chi connectivity index (χ2n) is 5.27. The quantitative estimate of drug-likeness (QED) is 0.907. The third kappa shape index (κ3) is 2.37. The summed E-state index contributed by atoms with van der Waals surface area (Å²) in [7, 11) is 0. The molecule has 1 aliphatic heterocycles. The van der Waals surface area contributed by atoms with Crippen molar-refractivity contribution in [1.29, 1.82) is 0 Å². The number of carbonyl (C=O) groups excluding carboxylic acids is 1. The lowest BCUT2D eigenvalue weighted by Gasteiger charge is -2.10. The van der Waals surface area contributed by atoms with Crippen LogP contribution in [0.15, 0.2) is 42.5 Å². The predicted molar refractivity (Wildman–Crippen MR) is 79.3 cm³/mol. The van der Waals surface area contributed by atoms with E-state index in [2.05, 4.69) is 12.2 Å². The molecular formula is C17H16FNO2. The Morgan fingerprint density at radius 2 is 1.90 bits per heavy atom. The van der Waals surface area contributed by atoms with Crippen molar-refractivity contribution in [2.24, 2.45) is 0 Å². The van der Waals surface area contributed by atoms with Crippen LogP contribution in [-0.2, 0) is 0 Å². The third-order valence-electron chi connectivity index (χ3n) is 3.91. The first kappa shape index (κ1) is 13.6. The van der Waals surface area contributed by atoms with Crippen molar-refractivity contribution in [3.63, 3.8) is 0 Å². The standard InChI is InChI=1S/C17H16FNO2/c1-10-11(2)21-16-12(10)6-5-7-13(16)17(20)19-15-9-4-3-8-14(15)18/h3-11H,1-2H3,(H,19,20). The molecule has 2 unspecified atom stereocenters. The van der Waals surface area contributed by atoms with Crippen molar-refractivity contribution in [3.05, 3.63) is 59.4 Å². The number of amides is 1. The van der Waals surface area contributed by atoms with Gasteiger partial charge in [0.25, 0.3) is 5.91 Å². The summed E-state index contributed by atoms with van der Waals surface area (Å²) in [6.45, 7) is 4.04. The summed E-state index contributed by atoms with van der Waals surface area (Å²) in [6, 6.07) is 11.6. The van der Waals surface area contributed by atoms with Crippen molar-refractivity contribution >= 4 is 11.6 Å². The van der Waals surface area contributed by atoms with E-state index in [1.807, 2.05) is 19.1 Å². The van der Waals surface area contributed by atoms with Crippen LogP contribution in [0.1, 0.15) is 35.7 Å². The van der Waals surface area contributed by atoms with Gasteiger partial charge in [-0.2, -0.15) is 0 Å². The molecule has 1 amide bonds. The molecule has 1 heterocycles. The molecule has 3 nitrogen and oxygen atoms in total. The van der Waals surface area contributed by atoms with Crippen molar-refractivity contribution in [2.45, 2.75) is 25.9 Å². The second kappa shape index (κ2) is 5.20. The predicted octanol–water partition coefficient (Wildman–Crippen LogP) is 3.96. The Balaban J connectivity index is 1.92. The van der Waals surface area contributed by atoms with Gasteiger partial charge in [-0.3, -0.25) is 4.79 Å². The maximum Gasteiger partial charge on any atom is 0.259 e.